The fourth-order valence-corrected chi connectivity index (χ4v) is 1.64. The van der Waals surface area contributed by atoms with Crippen LogP contribution in [0.1, 0.15) is 12.0 Å². The summed E-state index contributed by atoms with van der Waals surface area (Å²) in [6.45, 7) is 0. The van der Waals surface area contributed by atoms with Crippen LogP contribution in [0.3, 0.4) is 0 Å². The van der Waals surface area contributed by atoms with Crippen LogP contribution in [-0.2, 0) is 5.54 Å². The average Bonchev–Trinajstić information content (AvgIpc) is 2.58. The van der Waals surface area contributed by atoms with E-state index in [9.17, 15) is 13.9 Å². The lowest BCUT2D eigenvalue weighted by Gasteiger charge is -2.12. The van der Waals surface area contributed by atoms with Gasteiger partial charge in [-0.2, -0.15) is 0 Å². The van der Waals surface area contributed by atoms with E-state index >= 15 is 0 Å². The van der Waals surface area contributed by atoms with Crippen LogP contribution in [0.25, 0.3) is 0 Å². The van der Waals surface area contributed by atoms with E-state index in [1.54, 1.807) is 0 Å². The van der Waals surface area contributed by atoms with Gasteiger partial charge >= 0.3 is 0 Å². The van der Waals surface area contributed by atoms with E-state index in [2.05, 4.69) is 0 Å². The van der Waals surface area contributed by atoms with Crippen molar-refractivity contribution in [1.82, 2.24) is 0 Å². The fourth-order valence-electron chi connectivity index (χ4n) is 1.46. The third kappa shape index (κ3) is 1.18. The number of phenols is 1. The molecular formula is C9H8ClF2NO. The Morgan fingerprint density at radius 2 is 2.00 bits per heavy atom. The topological polar surface area (TPSA) is 46.2 Å². The van der Waals surface area contributed by atoms with Gasteiger partial charge in [0.05, 0.1) is 0 Å². The Bertz CT molecular complexity index is 396. The number of hydrogen-bond donors (Lipinski definition) is 2. The second kappa shape index (κ2) is 2.58. The standard InChI is InChI=1S/C9H8ClF2NO/c10-5-1-2-7(14)6(3-5)8(13)4-9(8,11)12/h1-3,14H,4,13H2. The molecule has 1 aromatic rings. The predicted octanol–water partition coefficient (Wildman–Crippen LogP) is 2.24. The molecule has 0 radical (unpaired) electrons. The lowest BCUT2D eigenvalue weighted by Crippen LogP contribution is -2.27. The number of rotatable bonds is 1. The Morgan fingerprint density at radius 1 is 1.43 bits per heavy atom. The Morgan fingerprint density at radius 3 is 2.50 bits per heavy atom. The summed E-state index contributed by atoms with van der Waals surface area (Å²) in [7, 11) is 0. The van der Waals surface area contributed by atoms with Crippen LogP contribution in [0.2, 0.25) is 5.02 Å². The first-order valence-corrected chi connectivity index (χ1v) is 4.40. The zero-order valence-electron chi connectivity index (χ0n) is 7.10. The summed E-state index contributed by atoms with van der Waals surface area (Å²) in [5.74, 6) is -3.19. The summed E-state index contributed by atoms with van der Waals surface area (Å²) < 4.78 is 25.8. The molecule has 0 saturated heterocycles. The fraction of sp³-hybridized carbons (Fsp3) is 0.333. The third-order valence-corrected chi connectivity index (χ3v) is 2.70. The number of hydrogen-bond acceptors (Lipinski definition) is 2. The van der Waals surface area contributed by atoms with E-state index in [1.807, 2.05) is 0 Å². The SMILES string of the molecule is NC1(c2cc(Cl)ccc2O)CC1(F)F. The molecule has 0 spiro atoms. The summed E-state index contributed by atoms with van der Waals surface area (Å²) in [5.41, 5.74) is 3.71. The van der Waals surface area contributed by atoms with Crippen molar-refractivity contribution in [3.05, 3.63) is 28.8 Å². The van der Waals surface area contributed by atoms with E-state index in [-0.39, 0.29) is 16.3 Å². The molecule has 0 heterocycles. The van der Waals surface area contributed by atoms with Gasteiger partial charge in [0.25, 0.3) is 5.92 Å². The molecule has 1 unspecified atom stereocenters. The molecule has 0 amide bonds. The van der Waals surface area contributed by atoms with Gasteiger partial charge in [-0.15, -0.1) is 0 Å². The maximum absolute atomic E-state index is 12.9. The van der Waals surface area contributed by atoms with Crippen LogP contribution >= 0.6 is 11.6 Å². The van der Waals surface area contributed by atoms with Gasteiger partial charge in [-0.25, -0.2) is 8.78 Å². The number of halogens is 3. The largest absolute Gasteiger partial charge is 0.508 e. The first-order valence-electron chi connectivity index (χ1n) is 4.02. The quantitative estimate of drug-likeness (QED) is 0.761. The van der Waals surface area contributed by atoms with Crippen LogP contribution in [0.15, 0.2) is 18.2 Å². The maximum atomic E-state index is 12.9. The molecule has 1 fully saturated rings. The summed E-state index contributed by atoms with van der Waals surface area (Å²) >= 11 is 5.63. The molecule has 1 aliphatic rings. The van der Waals surface area contributed by atoms with Gasteiger partial charge in [-0.1, -0.05) is 11.6 Å². The first kappa shape index (κ1) is 9.68. The van der Waals surface area contributed by atoms with Crippen LogP contribution in [0.5, 0.6) is 5.75 Å². The normalized spacial score (nSPS) is 28.9. The highest BCUT2D eigenvalue weighted by Crippen LogP contribution is 2.59. The highest BCUT2D eigenvalue weighted by Gasteiger charge is 2.70. The lowest BCUT2D eigenvalue weighted by atomic mass is 10.0. The Kier molecular flexibility index (Phi) is 1.78. The van der Waals surface area contributed by atoms with Crippen molar-refractivity contribution in [2.75, 3.05) is 0 Å². The molecule has 1 aliphatic carbocycles. The van der Waals surface area contributed by atoms with E-state index in [4.69, 9.17) is 17.3 Å². The van der Waals surface area contributed by atoms with Gasteiger partial charge in [0.15, 0.2) is 0 Å². The highest BCUT2D eigenvalue weighted by atomic mass is 35.5. The van der Waals surface area contributed by atoms with Gasteiger partial charge in [0, 0.05) is 17.0 Å². The van der Waals surface area contributed by atoms with Crippen molar-refractivity contribution >= 4 is 11.6 Å². The monoisotopic (exact) mass is 219 g/mol. The van der Waals surface area contributed by atoms with Crippen molar-refractivity contribution in [2.45, 2.75) is 17.9 Å². The van der Waals surface area contributed by atoms with E-state index in [0.717, 1.165) is 0 Å². The maximum Gasteiger partial charge on any atom is 0.272 e. The summed E-state index contributed by atoms with van der Waals surface area (Å²) in [6, 6.07) is 3.96. The molecule has 5 heteroatoms. The van der Waals surface area contributed by atoms with Gasteiger partial charge in [-0.05, 0) is 18.2 Å². The number of phenolic OH excluding ortho intramolecular Hbond substituents is 1. The van der Waals surface area contributed by atoms with E-state index in [0.29, 0.717) is 0 Å². The second-order valence-electron chi connectivity index (χ2n) is 3.51. The molecule has 1 atom stereocenters. The second-order valence-corrected chi connectivity index (χ2v) is 3.95. The molecule has 76 valence electrons. The molecule has 1 aromatic carbocycles. The predicted molar refractivity (Wildman–Crippen MR) is 48.5 cm³/mol. The zero-order valence-corrected chi connectivity index (χ0v) is 7.85. The first-order chi connectivity index (χ1) is 6.37. The Balaban J connectivity index is 2.48. The van der Waals surface area contributed by atoms with Crippen LogP contribution in [0, 0.1) is 0 Å². The van der Waals surface area contributed by atoms with E-state index in [1.165, 1.54) is 18.2 Å². The number of benzene rings is 1. The molecule has 0 aromatic heterocycles. The highest BCUT2D eigenvalue weighted by molar-refractivity contribution is 6.30. The van der Waals surface area contributed by atoms with Gasteiger partial charge in [-0.3, -0.25) is 0 Å². The van der Waals surface area contributed by atoms with Gasteiger partial charge in [0.2, 0.25) is 0 Å². The average molecular weight is 220 g/mol. The minimum atomic E-state index is -2.95. The number of nitrogens with two attached hydrogens (primary N) is 1. The molecule has 0 aliphatic heterocycles. The summed E-state index contributed by atoms with van der Waals surface area (Å²) in [6.07, 6.45) is -0.450. The van der Waals surface area contributed by atoms with Crippen LogP contribution in [0.4, 0.5) is 8.78 Å². The van der Waals surface area contributed by atoms with Crippen LogP contribution in [-0.4, -0.2) is 11.0 Å². The molecule has 1 saturated carbocycles. The molecule has 3 N–H and O–H groups in total. The van der Waals surface area contributed by atoms with E-state index < -0.39 is 17.9 Å². The Hall–Kier alpha value is -0.870. The minimum absolute atomic E-state index is 0.00926. The van der Waals surface area contributed by atoms with Gasteiger partial charge in [0.1, 0.15) is 11.3 Å². The summed E-state index contributed by atoms with van der Waals surface area (Å²) in [5, 5.41) is 9.65. The number of aromatic hydroxyl groups is 1. The smallest absolute Gasteiger partial charge is 0.272 e. The molecule has 2 rings (SSSR count). The van der Waals surface area contributed by atoms with Crippen molar-refractivity contribution in [3.63, 3.8) is 0 Å². The van der Waals surface area contributed by atoms with Crippen molar-refractivity contribution < 1.29 is 13.9 Å². The molecular weight excluding hydrogens is 212 g/mol. The van der Waals surface area contributed by atoms with Gasteiger partial charge < -0.3 is 10.8 Å². The van der Waals surface area contributed by atoms with Crippen molar-refractivity contribution in [2.24, 2.45) is 5.73 Å². The van der Waals surface area contributed by atoms with Crippen LogP contribution < -0.4 is 5.73 Å². The van der Waals surface area contributed by atoms with Crippen molar-refractivity contribution in [3.8, 4) is 5.75 Å². The minimum Gasteiger partial charge on any atom is -0.508 e. The zero-order chi connectivity index (χ0) is 10.6. The third-order valence-electron chi connectivity index (χ3n) is 2.47. The summed E-state index contributed by atoms with van der Waals surface area (Å²) in [4.78, 5) is 0. The lowest BCUT2D eigenvalue weighted by molar-refractivity contribution is 0.0884. The Labute approximate surface area is 84.3 Å². The van der Waals surface area contributed by atoms with Crippen molar-refractivity contribution in [1.29, 1.82) is 0 Å². The number of alkyl halides is 2. The molecule has 14 heavy (non-hydrogen) atoms. The molecule has 0 bridgehead atoms. The molecule has 2 nitrogen and oxygen atoms in total.